The molecule has 1 aromatic rings. The van der Waals surface area contributed by atoms with Crippen LogP contribution in [0, 0.1) is 0 Å². The molecule has 2 atom stereocenters. The summed E-state index contributed by atoms with van der Waals surface area (Å²) in [6.45, 7) is 2.33. The number of thiophene rings is 1. The quantitative estimate of drug-likeness (QED) is 0.926. The first-order valence-electron chi connectivity index (χ1n) is 7.47. The van der Waals surface area contributed by atoms with E-state index in [4.69, 9.17) is 4.74 Å². The van der Waals surface area contributed by atoms with Crippen LogP contribution in [-0.4, -0.2) is 41.2 Å². The van der Waals surface area contributed by atoms with E-state index in [1.807, 2.05) is 0 Å². The molecule has 0 bridgehead atoms. The highest BCUT2D eigenvalue weighted by Crippen LogP contribution is 2.32. The zero-order valence-corrected chi connectivity index (χ0v) is 12.4. The second kappa shape index (κ2) is 6.14. The Morgan fingerprint density at radius 1 is 1.25 bits per heavy atom. The largest absolute Gasteiger partial charge is 0.487 e. The van der Waals surface area contributed by atoms with Gasteiger partial charge in [-0.1, -0.05) is 6.42 Å². The summed E-state index contributed by atoms with van der Waals surface area (Å²) in [5, 5.41) is 11.0. The van der Waals surface area contributed by atoms with Crippen LogP contribution in [-0.2, 0) is 0 Å². The normalized spacial score (nSPS) is 27.6. The summed E-state index contributed by atoms with van der Waals surface area (Å²) in [5.41, 5.74) is 0. The first-order valence-corrected chi connectivity index (χ1v) is 8.35. The van der Waals surface area contributed by atoms with Crippen LogP contribution < -0.4 is 4.74 Å². The Labute approximate surface area is 123 Å². The molecule has 0 spiro atoms. The van der Waals surface area contributed by atoms with E-state index in [-0.39, 0.29) is 6.10 Å². The molecule has 110 valence electrons. The first-order chi connectivity index (χ1) is 9.75. The number of aromatic carboxylic acids is 1. The molecule has 1 aliphatic heterocycles. The molecule has 1 saturated heterocycles. The number of likely N-dealkylation sites (tertiary alicyclic amines) is 1. The number of ether oxygens (including phenoxy) is 1. The molecule has 2 fully saturated rings. The summed E-state index contributed by atoms with van der Waals surface area (Å²) in [5.74, 6) is -0.331. The molecule has 1 aromatic heterocycles. The van der Waals surface area contributed by atoms with E-state index in [0.717, 1.165) is 6.42 Å². The first kappa shape index (κ1) is 13.9. The second-order valence-corrected chi connectivity index (χ2v) is 6.59. The van der Waals surface area contributed by atoms with Crippen molar-refractivity contribution >= 4 is 17.3 Å². The van der Waals surface area contributed by atoms with Gasteiger partial charge in [0.15, 0.2) is 4.88 Å². The van der Waals surface area contributed by atoms with Gasteiger partial charge < -0.3 is 9.84 Å². The standard InChI is InChI=1S/C15H21NO3S/c17-15(18)14-13(7-10-20-14)19-12-6-2-1-5-11(12)16-8-3-4-9-16/h7,10-12H,1-6,8-9H2,(H,17,18). The van der Waals surface area contributed by atoms with Crippen LogP contribution in [0.4, 0.5) is 0 Å². The van der Waals surface area contributed by atoms with Gasteiger partial charge in [-0.15, -0.1) is 11.3 Å². The van der Waals surface area contributed by atoms with Crippen LogP contribution in [0.1, 0.15) is 48.2 Å². The molecule has 1 N–H and O–H groups in total. The molecule has 1 aliphatic carbocycles. The van der Waals surface area contributed by atoms with Gasteiger partial charge >= 0.3 is 5.97 Å². The molecular weight excluding hydrogens is 274 g/mol. The minimum Gasteiger partial charge on any atom is -0.487 e. The number of carboxylic acid groups (broad SMARTS) is 1. The number of carbonyl (C=O) groups is 1. The van der Waals surface area contributed by atoms with Crippen molar-refractivity contribution in [2.75, 3.05) is 13.1 Å². The number of hydrogen-bond donors (Lipinski definition) is 1. The molecule has 2 aliphatic rings. The predicted molar refractivity (Wildman–Crippen MR) is 78.8 cm³/mol. The van der Waals surface area contributed by atoms with Crippen LogP contribution in [0.15, 0.2) is 11.4 Å². The van der Waals surface area contributed by atoms with Gasteiger partial charge in [0.05, 0.1) is 0 Å². The molecular formula is C15H21NO3S. The lowest BCUT2D eigenvalue weighted by Crippen LogP contribution is -2.46. The lowest BCUT2D eigenvalue weighted by molar-refractivity contribution is 0.0467. The number of nitrogens with zero attached hydrogens (tertiary/aromatic N) is 1. The van der Waals surface area contributed by atoms with Crippen LogP contribution in [0.25, 0.3) is 0 Å². The van der Waals surface area contributed by atoms with Gasteiger partial charge in [-0.25, -0.2) is 4.79 Å². The zero-order chi connectivity index (χ0) is 13.9. The van der Waals surface area contributed by atoms with Crippen molar-refractivity contribution in [2.45, 2.75) is 50.7 Å². The molecule has 0 radical (unpaired) electrons. The van der Waals surface area contributed by atoms with Gasteiger partial charge in [0.25, 0.3) is 0 Å². The highest BCUT2D eigenvalue weighted by atomic mass is 32.1. The van der Waals surface area contributed by atoms with Crippen LogP contribution >= 0.6 is 11.3 Å². The Kier molecular flexibility index (Phi) is 4.27. The van der Waals surface area contributed by atoms with Crippen LogP contribution in [0.2, 0.25) is 0 Å². The van der Waals surface area contributed by atoms with Crippen molar-refractivity contribution in [1.82, 2.24) is 4.90 Å². The minimum atomic E-state index is -0.886. The third kappa shape index (κ3) is 2.83. The van der Waals surface area contributed by atoms with E-state index in [1.165, 1.54) is 56.5 Å². The molecule has 2 heterocycles. The van der Waals surface area contributed by atoms with E-state index < -0.39 is 5.97 Å². The fraction of sp³-hybridized carbons (Fsp3) is 0.667. The summed E-state index contributed by atoms with van der Waals surface area (Å²) >= 11 is 1.24. The zero-order valence-electron chi connectivity index (χ0n) is 11.6. The molecule has 3 rings (SSSR count). The highest BCUT2D eigenvalue weighted by molar-refractivity contribution is 7.12. The second-order valence-electron chi connectivity index (χ2n) is 5.67. The van der Waals surface area contributed by atoms with Gasteiger partial charge in [0, 0.05) is 6.04 Å². The Balaban J connectivity index is 1.73. The molecule has 4 nitrogen and oxygen atoms in total. The number of hydrogen-bond acceptors (Lipinski definition) is 4. The summed E-state index contributed by atoms with van der Waals surface area (Å²) in [6, 6.07) is 2.26. The fourth-order valence-corrected chi connectivity index (χ4v) is 4.08. The maximum atomic E-state index is 11.2. The third-order valence-electron chi connectivity index (χ3n) is 4.38. The highest BCUT2D eigenvalue weighted by Gasteiger charge is 2.33. The average Bonchev–Trinajstić information content (AvgIpc) is 3.09. The van der Waals surface area contributed by atoms with E-state index >= 15 is 0 Å². The predicted octanol–water partition coefficient (Wildman–Crippen LogP) is 3.23. The number of carboxylic acids is 1. The molecule has 2 unspecified atom stereocenters. The smallest absolute Gasteiger partial charge is 0.349 e. The fourth-order valence-electron chi connectivity index (χ4n) is 3.42. The maximum absolute atomic E-state index is 11.2. The van der Waals surface area contributed by atoms with Gasteiger partial charge in [-0.3, -0.25) is 4.90 Å². The Hall–Kier alpha value is -1.07. The third-order valence-corrected chi connectivity index (χ3v) is 5.26. The molecule has 0 aromatic carbocycles. The van der Waals surface area contributed by atoms with E-state index in [9.17, 15) is 9.90 Å². The molecule has 20 heavy (non-hydrogen) atoms. The topological polar surface area (TPSA) is 49.8 Å². The Bertz CT molecular complexity index is 467. The van der Waals surface area contributed by atoms with Crippen molar-refractivity contribution in [2.24, 2.45) is 0 Å². The van der Waals surface area contributed by atoms with Gasteiger partial charge in [0.1, 0.15) is 11.9 Å². The lowest BCUT2D eigenvalue weighted by atomic mass is 9.91. The molecule has 0 amide bonds. The van der Waals surface area contributed by atoms with Crippen molar-refractivity contribution in [3.8, 4) is 5.75 Å². The lowest BCUT2D eigenvalue weighted by Gasteiger charge is -2.37. The summed E-state index contributed by atoms with van der Waals surface area (Å²) < 4.78 is 6.10. The van der Waals surface area contributed by atoms with Gasteiger partial charge in [-0.2, -0.15) is 0 Å². The van der Waals surface area contributed by atoms with Gasteiger partial charge in [-0.05, 0) is 56.6 Å². The maximum Gasteiger partial charge on any atom is 0.349 e. The van der Waals surface area contributed by atoms with Crippen LogP contribution in [0.5, 0.6) is 5.75 Å². The molecule has 1 saturated carbocycles. The Morgan fingerprint density at radius 2 is 2.00 bits per heavy atom. The average molecular weight is 295 g/mol. The van der Waals surface area contributed by atoms with E-state index in [0.29, 0.717) is 16.7 Å². The minimum absolute atomic E-state index is 0.148. The van der Waals surface area contributed by atoms with Crippen LogP contribution in [0.3, 0.4) is 0 Å². The van der Waals surface area contributed by atoms with Crippen molar-refractivity contribution in [3.05, 3.63) is 16.3 Å². The van der Waals surface area contributed by atoms with Crippen molar-refractivity contribution in [1.29, 1.82) is 0 Å². The SMILES string of the molecule is O=C(O)c1sccc1OC1CCCCC1N1CCCC1. The summed E-state index contributed by atoms with van der Waals surface area (Å²) in [7, 11) is 0. The van der Waals surface area contributed by atoms with Gasteiger partial charge in [0.2, 0.25) is 0 Å². The summed E-state index contributed by atoms with van der Waals surface area (Å²) in [4.78, 5) is 14.1. The van der Waals surface area contributed by atoms with E-state index in [1.54, 1.807) is 11.4 Å². The van der Waals surface area contributed by atoms with Crippen molar-refractivity contribution in [3.63, 3.8) is 0 Å². The summed E-state index contributed by atoms with van der Waals surface area (Å²) in [6.07, 6.45) is 7.37. The Morgan fingerprint density at radius 3 is 2.75 bits per heavy atom. The van der Waals surface area contributed by atoms with Crippen molar-refractivity contribution < 1.29 is 14.6 Å². The number of rotatable bonds is 4. The van der Waals surface area contributed by atoms with E-state index in [2.05, 4.69) is 4.90 Å². The monoisotopic (exact) mass is 295 g/mol. The molecule has 5 heteroatoms.